The van der Waals surface area contributed by atoms with Crippen LogP contribution in [0.3, 0.4) is 0 Å². The normalized spacial score (nSPS) is 28.7. The molecule has 0 saturated carbocycles. The number of methoxy groups -OCH3 is 1. The first-order chi connectivity index (χ1) is 12.3. The summed E-state index contributed by atoms with van der Waals surface area (Å²) in [5.41, 5.74) is 0.467. The number of benzene rings is 1. The first-order valence-corrected chi connectivity index (χ1v) is 7.80. The van der Waals surface area contributed by atoms with Crippen molar-refractivity contribution in [3.05, 3.63) is 40.2 Å². The largest absolute Gasteiger partial charge is 0.467 e. The van der Waals surface area contributed by atoms with Gasteiger partial charge in [-0.25, -0.2) is 9.59 Å². The summed E-state index contributed by atoms with van der Waals surface area (Å²) in [6.07, 6.45) is -7.95. The zero-order valence-electron chi connectivity index (χ0n) is 14.0. The van der Waals surface area contributed by atoms with Crippen molar-refractivity contribution in [1.29, 1.82) is 0 Å². The third-order valence-electron chi connectivity index (χ3n) is 4.18. The minimum absolute atomic E-state index is 0.169. The molecular formula is C17H18O9. The Hall–Kier alpha value is -2.46. The van der Waals surface area contributed by atoms with Gasteiger partial charge in [0.15, 0.2) is 6.10 Å². The molecule has 9 heteroatoms. The highest BCUT2D eigenvalue weighted by Gasteiger charge is 2.48. The number of fused-ring (bicyclic) bond motifs is 1. The SMILES string of the molecule is COC(=O)C1O[C@@H](Oc2ccc3c(C)cc(=O)oc3c2)C(O)C(O)[C@@H]1O. The van der Waals surface area contributed by atoms with Crippen LogP contribution in [0.2, 0.25) is 0 Å². The van der Waals surface area contributed by atoms with Crippen LogP contribution in [0.1, 0.15) is 5.56 Å². The summed E-state index contributed by atoms with van der Waals surface area (Å²) in [6, 6.07) is 5.98. The number of rotatable bonds is 3. The van der Waals surface area contributed by atoms with Gasteiger partial charge in [-0.3, -0.25) is 0 Å². The van der Waals surface area contributed by atoms with Crippen LogP contribution in [0.5, 0.6) is 5.75 Å². The number of hydrogen-bond acceptors (Lipinski definition) is 9. The molecule has 9 nitrogen and oxygen atoms in total. The molecule has 0 spiro atoms. The molecule has 2 aromatic rings. The molecule has 5 atom stereocenters. The van der Waals surface area contributed by atoms with Crippen LogP contribution < -0.4 is 10.4 Å². The van der Waals surface area contributed by atoms with Crippen LogP contribution in [0.4, 0.5) is 0 Å². The van der Waals surface area contributed by atoms with Crippen molar-refractivity contribution in [3.8, 4) is 5.75 Å². The van der Waals surface area contributed by atoms with Crippen molar-refractivity contribution in [2.75, 3.05) is 7.11 Å². The van der Waals surface area contributed by atoms with Crippen LogP contribution in [0.25, 0.3) is 11.0 Å². The minimum Gasteiger partial charge on any atom is -0.467 e. The predicted molar refractivity (Wildman–Crippen MR) is 86.5 cm³/mol. The van der Waals surface area contributed by atoms with E-state index in [1.165, 1.54) is 12.1 Å². The van der Waals surface area contributed by atoms with Crippen LogP contribution in [0, 0.1) is 6.92 Å². The van der Waals surface area contributed by atoms with Gasteiger partial charge in [0, 0.05) is 17.5 Å². The molecule has 140 valence electrons. The molecule has 1 saturated heterocycles. The van der Waals surface area contributed by atoms with E-state index in [4.69, 9.17) is 13.9 Å². The number of esters is 1. The monoisotopic (exact) mass is 366 g/mol. The van der Waals surface area contributed by atoms with Crippen LogP contribution in [0.15, 0.2) is 33.5 Å². The third-order valence-corrected chi connectivity index (χ3v) is 4.18. The average molecular weight is 366 g/mol. The van der Waals surface area contributed by atoms with E-state index in [2.05, 4.69) is 4.74 Å². The first kappa shape index (κ1) is 18.3. The van der Waals surface area contributed by atoms with Crippen molar-refractivity contribution in [2.45, 2.75) is 37.6 Å². The summed E-state index contributed by atoms with van der Waals surface area (Å²) in [5.74, 6) is -0.750. The van der Waals surface area contributed by atoms with Crippen LogP contribution in [-0.4, -0.2) is 59.1 Å². The molecule has 2 heterocycles. The van der Waals surface area contributed by atoms with Crippen molar-refractivity contribution < 1.29 is 38.7 Å². The molecule has 3 unspecified atom stereocenters. The van der Waals surface area contributed by atoms with Gasteiger partial charge >= 0.3 is 11.6 Å². The van der Waals surface area contributed by atoms with E-state index in [0.717, 1.165) is 12.7 Å². The minimum atomic E-state index is -1.68. The van der Waals surface area contributed by atoms with E-state index in [1.807, 2.05) is 0 Å². The van der Waals surface area contributed by atoms with Crippen LogP contribution >= 0.6 is 0 Å². The second kappa shape index (κ2) is 7.04. The van der Waals surface area contributed by atoms with E-state index >= 15 is 0 Å². The quantitative estimate of drug-likeness (QED) is 0.483. The molecule has 0 amide bonds. The Balaban J connectivity index is 1.88. The summed E-state index contributed by atoms with van der Waals surface area (Å²) in [4.78, 5) is 23.2. The highest BCUT2D eigenvalue weighted by molar-refractivity contribution is 5.81. The van der Waals surface area contributed by atoms with Gasteiger partial charge in [0.25, 0.3) is 0 Å². The first-order valence-electron chi connectivity index (χ1n) is 7.80. The Morgan fingerprint density at radius 2 is 1.85 bits per heavy atom. The Morgan fingerprint density at radius 1 is 1.12 bits per heavy atom. The fraction of sp³-hybridized carbons (Fsp3) is 0.412. The predicted octanol–water partition coefficient (Wildman–Crippen LogP) is -0.539. The standard InChI is InChI=1S/C17H18O9/c1-7-5-11(18)25-10-6-8(3-4-9(7)10)24-17-14(21)12(19)13(20)15(26-17)16(22)23-2/h3-6,12-15,17,19-21H,1-2H3/t12?,13-,14?,15?,17+/m0/s1. The Labute approximate surface area is 147 Å². The zero-order chi connectivity index (χ0) is 19.0. The number of carbonyl (C=O) groups is 1. The third kappa shape index (κ3) is 3.29. The van der Waals surface area contributed by atoms with Gasteiger partial charge < -0.3 is 33.9 Å². The molecule has 1 fully saturated rings. The van der Waals surface area contributed by atoms with E-state index in [1.54, 1.807) is 19.1 Å². The van der Waals surface area contributed by atoms with Crippen molar-refractivity contribution in [3.63, 3.8) is 0 Å². The summed E-state index contributed by atoms with van der Waals surface area (Å²) < 4.78 is 20.4. The molecule has 0 aliphatic carbocycles. The highest BCUT2D eigenvalue weighted by Crippen LogP contribution is 2.27. The Morgan fingerprint density at radius 3 is 2.54 bits per heavy atom. The molecule has 0 bridgehead atoms. The van der Waals surface area contributed by atoms with E-state index < -0.39 is 42.3 Å². The molecule has 26 heavy (non-hydrogen) atoms. The highest BCUT2D eigenvalue weighted by atomic mass is 16.7. The Bertz CT molecular complexity index is 874. The van der Waals surface area contributed by atoms with Gasteiger partial charge in [-0.15, -0.1) is 0 Å². The fourth-order valence-electron chi connectivity index (χ4n) is 2.77. The van der Waals surface area contributed by atoms with Crippen molar-refractivity contribution >= 4 is 16.9 Å². The van der Waals surface area contributed by atoms with Gasteiger partial charge in [0.1, 0.15) is 29.6 Å². The number of ether oxygens (including phenoxy) is 3. The second-order valence-corrected chi connectivity index (χ2v) is 5.94. The molecule has 0 radical (unpaired) electrons. The number of aryl methyl sites for hydroxylation is 1. The summed E-state index contributed by atoms with van der Waals surface area (Å²) in [7, 11) is 1.10. The van der Waals surface area contributed by atoms with Gasteiger partial charge in [-0.05, 0) is 24.6 Å². The molecular weight excluding hydrogens is 348 g/mol. The second-order valence-electron chi connectivity index (χ2n) is 5.94. The van der Waals surface area contributed by atoms with Crippen molar-refractivity contribution in [1.82, 2.24) is 0 Å². The van der Waals surface area contributed by atoms with E-state index in [9.17, 15) is 24.9 Å². The lowest BCUT2D eigenvalue weighted by atomic mass is 9.99. The number of aliphatic hydroxyl groups excluding tert-OH is 3. The smallest absolute Gasteiger partial charge is 0.337 e. The van der Waals surface area contributed by atoms with Gasteiger partial charge in [0.2, 0.25) is 6.29 Å². The van der Waals surface area contributed by atoms with Gasteiger partial charge in [-0.1, -0.05) is 0 Å². The molecule has 3 N–H and O–H groups in total. The molecule has 1 aliphatic rings. The summed E-state index contributed by atoms with van der Waals surface area (Å²) in [6.45, 7) is 1.76. The zero-order valence-corrected chi connectivity index (χ0v) is 14.0. The molecule has 3 rings (SSSR count). The number of aliphatic hydroxyl groups is 3. The lowest BCUT2D eigenvalue weighted by molar-refractivity contribution is -0.271. The Kier molecular flexibility index (Phi) is 4.97. The summed E-state index contributed by atoms with van der Waals surface area (Å²) in [5, 5.41) is 30.5. The fourth-order valence-corrected chi connectivity index (χ4v) is 2.77. The van der Waals surface area contributed by atoms with E-state index in [-0.39, 0.29) is 11.3 Å². The maximum absolute atomic E-state index is 11.7. The van der Waals surface area contributed by atoms with Crippen LogP contribution in [-0.2, 0) is 14.3 Å². The lowest BCUT2D eigenvalue weighted by Crippen LogP contribution is -2.61. The number of hydrogen-bond donors (Lipinski definition) is 3. The molecule has 1 aromatic heterocycles. The topological polar surface area (TPSA) is 136 Å². The van der Waals surface area contributed by atoms with Crippen molar-refractivity contribution in [2.24, 2.45) is 0 Å². The maximum Gasteiger partial charge on any atom is 0.337 e. The average Bonchev–Trinajstić information content (AvgIpc) is 2.61. The van der Waals surface area contributed by atoms with Gasteiger partial charge in [-0.2, -0.15) is 0 Å². The molecule has 1 aromatic carbocycles. The van der Waals surface area contributed by atoms with E-state index in [0.29, 0.717) is 5.39 Å². The number of carbonyl (C=O) groups excluding carboxylic acids is 1. The summed E-state index contributed by atoms with van der Waals surface area (Å²) >= 11 is 0. The van der Waals surface area contributed by atoms with Gasteiger partial charge in [0.05, 0.1) is 7.11 Å². The molecule has 1 aliphatic heterocycles. The maximum atomic E-state index is 11.7. The lowest BCUT2D eigenvalue weighted by Gasteiger charge is -2.38.